The fraction of sp³-hybridized carbons (Fsp3) is 0.250. The van der Waals surface area contributed by atoms with Gasteiger partial charge in [-0.25, -0.2) is 0 Å². The van der Waals surface area contributed by atoms with Gasteiger partial charge in [-0.1, -0.05) is 29.8 Å². The van der Waals surface area contributed by atoms with Gasteiger partial charge in [-0.15, -0.1) is 0 Å². The van der Waals surface area contributed by atoms with Crippen LogP contribution in [0.3, 0.4) is 0 Å². The Morgan fingerprint density at radius 3 is 2.28 bits per heavy atom. The van der Waals surface area contributed by atoms with Crippen molar-refractivity contribution in [2.75, 3.05) is 18.0 Å². The smallest absolute Gasteiger partial charge is 0.251 e. The summed E-state index contributed by atoms with van der Waals surface area (Å²) in [5.41, 5.74) is 2.80. The van der Waals surface area contributed by atoms with Crippen LogP contribution in [0.5, 0.6) is 0 Å². The summed E-state index contributed by atoms with van der Waals surface area (Å²) in [6.45, 7) is 5.52. The Hall–Kier alpha value is -2.95. The predicted octanol–water partition coefficient (Wildman–Crippen LogP) is 2.98. The van der Waals surface area contributed by atoms with Crippen LogP contribution in [0.4, 0.5) is 5.69 Å². The minimum Gasteiger partial charge on any atom is -0.350 e. The van der Waals surface area contributed by atoms with Crippen molar-refractivity contribution >= 4 is 23.3 Å². The molecule has 0 aromatic heterocycles. The lowest BCUT2D eigenvalue weighted by atomic mass is 10.1. The van der Waals surface area contributed by atoms with Gasteiger partial charge < -0.3 is 10.2 Å². The minimum absolute atomic E-state index is 0.0573. The second-order valence-electron chi connectivity index (χ2n) is 5.90. The second-order valence-corrected chi connectivity index (χ2v) is 5.90. The molecule has 0 fully saturated rings. The van der Waals surface area contributed by atoms with Crippen LogP contribution in [0.2, 0.25) is 0 Å². The molecule has 5 heteroatoms. The topological polar surface area (TPSA) is 66.5 Å². The maximum absolute atomic E-state index is 12.2. The molecule has 2 amide bonds. The molecule has 25 heavy (non-hydrogen) atoms. The Balaban J connectivity index is 2.03. The third-order valence-corrected chi connectivity index (χ3v) is 3.85. The third-order valence-electron chi connectivity index (χ3n) is 3.85. The highest BCUT2D eigenvalue weighted by atomic mass is 16.2. The van der Waals surface area contributed by atoms with Crippen LogP contribution in [0.25, 0.3) is 0 Å². The number of hydrogen-bond acceptors (Lipinski definition) is 3. The van der Waals surface area contributed by atoms with E-state index in [4.69, 9.17) is 0 Å². The highest BCUT2D eigenvalue weighted by Crippen LogP contribution is 2.16. The summed E-state index contributed by atoms with van der Waals surface area (Å²) in [7, 11) is 0. The second kappa shape index (κ2) is 8.24. The molecule has 5 nitrogen and oxygen atoms in total. The Kier molecular flexibility index (Phi) is 6.06. The highest BCUT2D eigenvalue weighted by Gasteiger charge is 2.13. The molecule has 0 atom stereocenters. The number of nitrogens with zero attached hydrogens (tertiary/aromatic N) is 1. The summed E-state index contributed by atoms with van der Waals surface area (Å²) >= 11 is 0. The van der Waals surface area contributed by atoms with Gasteiger partial charge in [0.25, 0.3) is 5.91 Å². The molecule has 0 saturated heterocycles. The number of anilines is 1. The van der Waals surface area contributed by atoms with Gasteiger partial charge in [0.2, 0.25) is 5.91 Å². The first-order chi connectivity index (χ1) is 11.9. The number of ketones is 1. The zero-order valence-corrected chi connectivity index (χ0v) is 14.7. The fourth-order valence-corrected chi connectivity index (χ4v) is 2.53. The maximum atomic E-state index is 12.2. The van der Waals surface area contributed by atoms with Crippen LogP contribution in [0.1, 0.15) is 40.1 Å². The number of Topliss-reactive ketones (excluding diaryl/α,β-unsaturated/α-hetero) is 1. The van der Waals surface area contributed by atoms with Crippen LogP contribution in [-0.4, -0.2) is 30.7 Å². The van der Waals surface area contributed by atoms with Crippen molar-refractivity contribution in [2.24, 2.45) is 0 Å². The van der Waals surface area contributed by atoms with Crippen molar-refractivity contribution in [1.29, 1.82) is 0 Å². The van der Waals surface area contributed by atoms with E-state index in [0.29, 0.717) is 29.9 Å². The van der Waals surface area contributed by atoms with Crippen molar-refractivity contribution in [3.63, 3.8) is 0 Å². The fourth-order valence-electron chi connectivity index (χ4n) is 2.53. The quantitative estimate of drug-likeness (QED) is 0.824. The number of hydrogen-bond donors (Lipinski definition) is 1. The molecule has 0 bridgehead atoms. The Labute approximate surface area is 147 Å². The van der Waals surface area contributed by atoms with Crippen molar-refractivity contribution in [1.82, 2.24) is 5.32 Å². The summed E-state index contributed by atoms with van der Waals surface area (Å²) in [4.78, 5) is 37.2. The normalized spacial score (nSPS) is 10.2. The van der Waals surface area contributed by atoms with Gasteiger partial charge in [-0.2, -0.15) is 0 Å². The van der Waals surface area contributed by atoms with Gasteiger partial charge in [0.05, 0.1) is 0 Å². The lowest BCUT2D eigenvalue weighted by Gasteiger charge is -2.22. The summed E-state index contributed by atoms with van der Waals surface area (Å²) < 4.78 is 0. The van der Waals surface area contributed by atoms with Crippen LogP contribution < -0.4 is 10.2 Å². The molecule has 0 aliphatic heterocycles. The molecule has 0 aliphatic rings. The van der Waals surface area contributed by atoms with Crippen molar-refractivity contribution in [3.8, 4) is 0 Å². The van der Waals surface area contributed by atoms with E-state index in [-0.39, 0.29) is 17.6 Å². The Bertz CT molecular complexity index is 799. The number of amides is 2. The van der Waals surface area contributed by atoms with Crippen molar-refractivity contribution in [2.45, 2.75) is 20.8 Å². The number of aryl methyl sites for hydroxylation is 1. The standard InChI is InChI=1S/C20H22N2O3/c1-14-6-4-8-18(12-14)20(25)21-10-11-22(16(3)24)19-9-5-7-17(13-19)15(2)23/h4-9,12-13H,10-11H2,1-3H3,(H,21,25). The molecule has 0 spiro atoms. The third kappa shape index (κ3) is 5.01. The van der Waals surface area contributed by atoms with E-state index in [1.54, 1.807) is 35.2 Å². The monoisotopic (exact) mass is 338 g/mol. The molecule has 0 radical (unpaired) electrons. The molecule has 0 unspecified atom stereocenters. The first-order valence-corrected chi connectivity index (χ1v) is 8.12. The summed E-state index contributed by atoms with van der Waals surface area (Å²) in [6.07, 6.45) is 0. The summed E-state index contributed by atoms with van der Waals surface area (Å²) in [5, 5.41) is 2.82. The first-order valence-electron chi connectivity index (χ1n) is 8.12. The molecule has 0 saturated carbocycles. The molecule has 0 heterocycles. The largest absolute Gasteiger partial charge is 0.350 e. The summed E-state index contributed by atoms with van der Waals surface area (Å²) in [5.74, 6) is -0.381. The van der Waals surface area contributed by atoms with Gasteiger partial charge in [0.15, 0.2) is 5.78 Å². The lowest BCUT2D eigenvalue weighted by Crippen LogP contribution is -2.37. The van der Waals surface area contributed by atoms with Gasteiger partial charge in [-0.05, 0) is 38.1 Å². The number of rotatable bonds is 6. The van der Waals surface area contributed by atoms with Gasteiger partial charge in [-0.3, -0.25) is 14.4 Å². The molecule has 1 N–H and O–H groups in total. The predicted molar refractivity (Wildman–Crippen MR) is 98.0 cm³/mol. The number of nitrogens with one attached hydrogen (secondary N) is 1. The van der Waals surface area contributed by atoms with Gasteiger partial charge in [0, 0.05) is 36.8 Å². The van der Waals surface area contributed by atoms with E-state index in [1.807, 2.05) is 25.1 Å². The van der Waals surface area contributed by atoms with Gasteiger partial charge in [0.1, 0.15) is 0 Å². The Morgan fingerprint density at radius 2 is 1.64 bits per heavy atom. The average molecular weight is 338 g/mol. The molecular formula is C20H22N2O3. The van der Waals surface area contributed by atoms with E-state index in [1.165, 1.54) is 13.8 Å². The van der Waals surface area contributed by atoms with Crippen LogP contribution in [0, 0.1) is 6.92 Å². The zero-order valence-electron chi connectivity index (χ0n) is 14.7. The van der Waals surface area contributed by atoms with Crippen molar-refractivity contribution < 1.29 is 14.4 Å². The molecular weight excluding hydrogens is 316 g/mol. The van der Waals surface area contributed by atoms with E-state index >= 15 is 0 Å². The summed E-state index contributed by atoms with van der Waals surface area (Å²) in [6, 6.07) is 14.2. The van der Waals surface area contributed by atoms with Crippen LogP contribution in [-0.2, 0) is 4.79 Å². The molecule has 130 valence electrons. The van der Waals surface area contributed by atoms with Gasteiger partial charge >= 0.3 is 0 Å². The number of carbonyl (C=O) groups is 3. The maximum Gasteiger partial charge on any atom is 0.251 e. The van der Waals surface area contributed by atoms with E-state index in [2.05, 4.69) is 5.32 Å². The molecule has 2 aromatic carbocycles. The first kappa shape index (κ1) is 18.4. The van der Waals surface area contributed by atoms with Crippen LogP contribution >= 0.6 is 0 Å². The highest BCUT2D eigenvalue weighted by molar-refractivity contribution is 5.97. The van der Waals surface area contributed by atoms with Crippen LogP contribution in [0.15, 0.2) is 48.5 Å². The van der Waals surface area contributed by atoms with E-state index in [0.717, 1.165) is 5.56 Å². The molecule has 2 aromatic rings. The SMILES string of the molecule is CC(=O)c1cccc(N(CCNC(=O)c2cccc(C)c2)C(C)=O)c1. The van der Waals surface area contributed by atoms with Crippen molar-refractivity contribution in [3.05, 3.63) is 65.2 Å². The van der Waals surface area contributed by atoms with E-state index < -0.39 is 0 Å². The Morgan fingerprint density at radius 1 is 0.960 bits per heavy atom. The number of benzene rings is 2. The minimum atomic E-state index is -0.176. The molecule has 2 rings (SSSR count). The zero-order chi connectivity index (χ0) is 18.4. The van der Waals surface area contributed by atoms with E-state index in [9.17, 15) is 14.4 Å². The number of carbonyl (C=O) groups excluding carboxylic acids is 3. The lowest BCUT2D eigenvalue weighted by molar-refractivity contribution is -0.116. The average Bonchev–Trinajstić information content (AvgIpc) is 2.58. The molecule has 0 aliphatic carbocycles.